The van der Waals surface area contributed by atoms with E-state index in [9.17, 15) is 4.39 Å². The van der Waals surface area contributed by atoms with Gasteiger partial charge < -0.3 is 9.30 Å². The molecule has 35 heavy (non-hydrogen) atoms. The van der Waals surface area contributed by atoms with Crippen molar-refractivity contribution in [3.8, 4) is 28.6 Å². The van der Waals surface area contributed by atoms with Gasteiger partial charge in [0.1, 0.15) is 11.6 Å². The molecule has 0 saturated heterocycles. The van der Waals surface area contributed by atoms with Crippen LogP contribution in [0.3, 0.4) is 0 Å². The molecule has 0 aliphatic carbocycles. The van der Waals surface area contributed by atoms with E-state index in [1.807, 2.05) is 53.1 Å². The molecule has 0 aliphatic heterocycles. The summed E-state index contributed by atoms with van der Waals surface area (Å²) in [5.74, 6) is 1.24. The van der Waals surface area contributed by atoms with Gasteiger partial charge >= 0.3 is 21.1 Å². The molecule has 0 radical (unpaired) electrons. The summed E-state index contributed by atoms with van der Waals surface area (Å²) in [7, 11) is 0. The number of benzene rings is 3. The van der Waals surface area contributed by atoms with Gasteiger partial charge in [0.05, 0.1) is 0 Å². The smallest absolute Gasteiger partial charge is 0.460 e. The van der Waals surface area contributed by atoms with Crippen LogP contribution in [0.1, 0.15) is 5.56 Å². The molecule has 4 nitrogen and oxygen atoms in total. The third kappa shape index (κ3) is 4.35. The molecule has 6 heteroatoms. The summed E-state index contributed by atoms with van der Waals surface area (Å²) < 4.78 is 21.9. The van der Waals surface area contributed by atoms with Crippen LogP contribution in [0.5, 0.6) is 11.6 Å². The molecular weight excluding hydrogens is 620 g/mol. The van der Waals surface area contributed by atoms with Crippen LogP contribution in [0.15, 0.2) is 91.3 Å². The van der Waals surface area contributed by atoms with E-state index in [-0.39, 0.29) is 26.9 Å². The van der Waals surface area contributed by atoms with Crippen LogP contribution in [-0.4, -0.2) is 14.5 Å². The number of ether oxygens (including phenoxy) is 1. The van der Waals surface area contributed by atoms with Crippen molar-refractivity contribution in [3.63, 3.8) is 0 Å². The Labute approximate surface area is 216 Å². The third-order valence-corrected chi connectivity index (χ3v) is 5.68. The Hall–Kier alpha value is -3.82. The molecule has 0 unspecified atom stereocenters. The van der Waals surface area contributed by atoms with Gasteiger partial charge in [-0.15, -0.1) is 18.2 Å². The standard InChI is InChI=1S/C29H18FN3O.Pt/c1-19-8-11-26-25(15-19)24-10-9-21(17-27(24)33(26)28-18-22(30)12-14-31-28)20-5-4-6-23(16-20)34-29-7-2-3-13-32-29;/h2-15,18H,1H3;/q-2;+2. The van der Waals surface area contributed by atoms with Gasteiger partial charge in [0.25, 0.3) is 0 Å². The maximum absolute atomic E-state index is 14.1. The van der Waals surface area contributed by atoms with Gasteiger partial charge in [-0.1, -0.05) is 29.1 Å². The number of aromatic nitrogens is 3. The van der Waals surface area contributed by atoms with Crippen LogP contribution in [0, 0.1) is 24.9 Å². The number of nitrogens with zero attached hydrogens (tertiary/aromatic N) is 3. The van der Waals surface area contributed by atoms with Crippen molar-refractivity contribution >= 4 is 21.8 Å². The van der Waals surface area contributed by atoms with Crippen LogP contribution in [-0.2, 0) is 21.1 Å². The first-order valence-corrected chi connectivity index (χ1v) is 10.9. The fraction of sp³-hybridized carbons (Fsp3) is 0.0345. The Balaban J connectivity index is 0.00000253. The summed E-state index contributed by atoms with van der Waals surface area (Å²) >= 11 is 0. The Morgan fingerprint density at radius 2 is 1.69 bits per heavy atom. The number of aryl methyl sites for hydroxylation is 1. The van der Waals surface area contributed by atoms with Crippen molar-refractivity contribution < 1.29 is 30.2 Å². The van der Waals surface area contributed by atoms with Crippen molar-refractivity contribution in [2.45, 2.75) is 6.92 Å². The quantitative estimate of drug-likeness (QED) is 0.194. The predicted octanol–water partition coefficient (Wildman–Crippen LogP) is 7.08. The van der Waals surface area contributed by atoms with Gasteiger partial charge in [0, 0.05) is 35.8 Å². The summed E-state index contributed by atoms with van der Waals surface area (Å²) in [6.07, 6.45) is 3.16. The van der Waals surface area contributed by atoms with Gasteiger partial charge in [-0.05, 0) is 36.0 Å². The molecule has 3 aromatic heterocycles. The number of rotatable bonds is 4. The SMILES string of the molecule is Cc1ccc2c(c1)c1ccc(-c3[c-]c(Oc4ccccn4)ccc3)[c-]c1n2-c1cc(F)ccn1.[Pt+2]. The Morgan fingerprint density at radius 1 is 0.800 bits per heavy atom. The minimum absolute atomic E-state index is 0. The van der Waals surface area contributed by atoms with E-state index in [4.69, 9.17) is 4.74 Å². The summed E-state index contributed by atoms with van der Waals surface area (Å²) in [5.41, 5.74) is 4.59. The van der Waals surface area contributed by atoms with Crippen LogP contribution >= 0.6 is 0 Å². The van der Waals surface area contributed by atoms with Crippen molar-refractivity contribution in [1.29, 1.82) is 0 Å². The van der Waals surface area contributed by atoms with Crippen LogP contribution < -0.4 is 4.74 Å². The van der Waals surface area contributed by atoms with E-state index in [0.717, 1.165) is 38.5 Å². The van der Waals surface area contributed by atoms with Gasteiger partial charge in [0.15, 0.2) is 0 Å². The van der Waals surface area contributed by atoms with Gasteiger partial charge in [-0.3, -0.25) is 0 Å². The second kappa shape index (κ2) is 9.44. The van der Waals surface area contributed by atoms with E-state index in [1.165, 1.54) is 18.3 Å². The van der Waals surface area contributed by atoms with Crippen LogP contribution in [0.25, 0.3) is 38.8 Å². The molecule has 0 atom stereocenters. The maximum Gasteiger partial charge on any atom is 2.00 e. The minimum atomic E-state index is -0.337. The van der Waals surface area contributed by atoms with E-state index in [2.05, 4.69) is 41.2 Å². The second-order valence-electron chi connectivity index (χ2n) is 8.02. The molecule has 172 valence electrons. The average Bonchev–Trinajstić information content (AvgIpc) is 3.17. The Bertz CT molecular complexity index is 1660. The van der Waals surface area contributed by atoms with E-state index in [0.29, 0.717) is 17.4 Å². The van der Waals surface area contributed by atoms with E-state index < -0.39 is 0 Å². The van der Waals surface area contributed by atoms with Crippen molar-refractivity contribution in [2.24, 2.45) is 0 Å². The van der Waals surface area contributed by atoms with Crippen molar-refractivity contribution in [1.82, 2.24) is 14.5 Å². The monoisotopic (exact) mass is 638 g/mol. The fourth-order valence-corrected chi connectivity index (χ4v) is 4.15. The molecule has 6 rings (SSSR count). The topological polar surface area (TPSA) is 39.9 Å². The Morgan fingerprint density at radius 3 is 2.51 bits per heavy atom. The molecule has 0 spiro atoms. The second-order valence-corrected chi connectivity index (χ2v) is 8.02. The number of fused-ring (bicyclic) bond motifs is 3. The van der Waals surface area contributed by atoms with Crippen molar-refractivity contribution in [2.75, 3.05) is 0 Å². The van der Waals surface area contributed by atoms with Gasteiger partial charge in [-0.2, -0.15) is 24.3 Å². The molecule has 0 bridgehead atoms. The molecule has 0 aliphatic rings. The first-order chi connectivity index (χ1) is 16.7. The number of halogens is 1. The Kier molecular flexibility index (Phi) is 6.19. The number of hydrogen-bond acceptors (Lipinski definition) is 3. The third-order valence-electron chi connectivity index (χ3n) is 5.68. The first-order valence-electron chi connectivity index (χ1n) is 10.9. The first kappa shape index (κ1) is 22.9. The zero-order valence-electron chi connectivity index (χ0n) is 18.6. The molecule has 0 saturated carbocycles. The number of pyridine rings is 2. The molecule has 6 aromatic rings. The zero-order chi connectivity index (χ0) is 23.1. The van der Waals surface area contributed by atoms with Crippen LogP contribution in [0.2, 0.25) is 0 Å². The van der Waals surface area contributed by atoms with Gasteiger partial charge in [0.2, 0.25) is 5.88 Å². The summed E-state index contributed by atoms with van der Waals surface area (Å²) in [6, 6.07) is 31.1. The van der Waals surface area contributed by atoms with Crippen LogP contribution in [0.4, 0.5) is 4.39 Å². The average molecular weight is 639 g/mol. The molecule has 0 amide bonds. The molecular formula is C29H18FN3OPt. The zero-order valence-corrected chi connectivity index (χ0v) is 20.9. The van der Waals surface area contributed by atoms with E-state index >= 15 is 0 Å². The predicted molar refractivity (Wildman–Crippen MR) is 131 cm³/mol. The molecule has 0 N–H and O–H groups in total. The minimum Gasteiger partial charge on any atom is -0.460 e. The summed E-state index contributed by atoms with van der Waals surface area (Å²) in [4.78, 5) is 8.65. The summed E-state index contributed by atoms with van der Waals surface area (Å²) in [5, 5.41) is 2.09. The maximum atomic E-state index is 14.1. The van der Waals surface area contributed by atoms with Crippen molar-refractivity contribution in [3.05, 3.63) is 115 Å². The van der Waals surface area contributed by atoms with Gasteiger partial charge in [-0.25, -0.2) is 25.5 Å². The molecule has 3 aromatic carbocycles. The molecule has 0 fully saturated rings. The normalized spacial score (nSPS) is 10.9. The fourth-order valence-electron chi connectivity index (χ4n) is 4.15. The van der Waals surface area contributed by atoms with E-state index in [1.54, 1.807) is 12.3 Å². The summed E-state index contributed by atoms with van der Waals surface area (Å²) in [6.45, 7) is 2.06. The largest absolute Gasteiger partial charge is 2.00 e. The number of hydrogen-bond donors (Lipinski definition) is 0. The molecule has 3 heterocycles.